The first-order chi connectivity index (χ1) is 12.0. The van der Waals surface area contributed by atoms with Crippen molar-refractivity contribution < 1.29 is 19.1 Å². The van der Waals surface area contributed by atoms with Crippen molar-refractivity contribution in [1.82, 2.24) is 10.7 Å². The number of thiophene rings is 1. The Balaban J connectivity index is 1.94. The highest BCUT2D eigenvalue weighted by molar-refractivity contribution is 7.12. The van der Waals surface area contributed by atoms with Gasteiger partial charge in [0.25, 0.3) is 11.8 Å². The van der Waals surface area contributed by atoms with Gasteiger partial charge < -0.3 is 14.8 Å². The van der Waals surface area contributed by atoms with Crippen LogP contribution in [0.2, 0.25) is 0 Å². The molecule has 25 heavy (non-hydrogen) atoms. The molecule has 0 aliphatic carbocycles. The Kier molecular flexibility index (Phi) is 6.53. The molecule has 0 atom stereocenters. The molecule has 1 aromatic carbocycles. The molecule has 2 N–H and O–H groups in total. The highest BCUT2D eigenvalue weighted by atomic mass is 32.1. The molecule has 132 valence electrons. The lowest BCUT2D eigenvalue weighted by Gasteiger charge is -2.10. The average molecular weight is 361 g/mol. The number of nitrogens with zero attached hydrogens (tertiary/aromatic N) is 1. The van der Waals surface area contributed by atoms with Gasteiger partial charge in [-0.15, -0.1) is 11.3 Å². The highest BCUT2D eigenvalue weighted by Gasteiger charge is 2.10. The second-order valence-corrected chi connectivity index (χ2v) is 5.91. The Bertz CT molecular complexity index is 772. The predicted molar refractivity (Wildman–Crippen MR) is 96.6 cm³/mol. The molecule has 1 aromatic heterocycles. The predicted octanol–water partition coefficient (Wildman–Crippen LogP) is 2.04. The van der Waals surface area contributed by atoms with Crippen molar-refractivity contribution in [3.05, 3.63) is 46.2 Å². The van der Waals surface area contributed by atoms with E-state index in [-0.39, 0.29) is 12.5 Å². The van der Waals surface area contributed by atoms with Crippen LogP contribution in [0, 0.1) is 0 Å². The number of hydrogen-bond donors (Lipinski definition) is 2. The minimum Gasteiger partial charge on any atom is -0.497 e. The van der Waals surface area contributed by atoms with Gasteiger partial charge in [-0.25, -0.2) is 5.43 Å². The minimum atomic E-state index is -0.420. The molecule has 2 amide bonds. The number of nitrogens with one attached hydrogen (secondary N) is 2. The molecule has 0 unspecified atom stereocenters. The van der Waals surface area contributed by atoms with Gasteiger partial charge in [-0.05, 0) is 30.5 Å². The van der Waals surface area contributed by atoms with E-state index >= 15 is 0 Å². The Labute approximate surface area is 149 Å². The zero-order valence-electron chi connectivity index (χ0n) is 14.2. The molecule has 7 nitrogen and oxygen atoms in total. The lowest BCUT2D eigenvalue weighted by molar-refractivity contribution is -0.120. The monoisotopic (exact) mass is 361 g/mol. The molecule has 0 aliphatic rings. The molecular formula is C17H19N3O4S. The number of hydrazone groups is 1. The Morgan fingerprint density at radius 3 is 2.64 bits per heavy atom. The summed E-state index contributed by atoms with van der Waals surface area (Å²) >= 11 is 1.31. The van der Waals surface area contributed by atoms with Crippen molar-refractivity contribution in [2.45, 2.75) is 6.92 Å². The van der Waals surface area contributed by atoms with Crippen molar-refractivity contribution in [2.24, 2.45) is 5.10 Å². The number of hydrogen-bond acceptors (Lipinski definition) is 6. The van der Waals surface area contributed by atoms with E-state index in [1.54, 1.807) is 56.9 Å². The maximum Gasteiger partial charge on any atom is 0.261 e. The summed E-state index contributed by atoms with van der Waals surface area (Å²) < 4.78 is 10.5. The summed E-state index contributed by atoms with van der Waals surface area (Å²) in [4.78, 5) is 24.1. The fraction of sp³-hybridized carbons (Fsp3) is 0.235. The zero-order chi connectivity index (χ0) is 18.2. The molecule has 2 aromatic rings. The van der Waals surface area contributed by atoms with Crippen LogP contribution in [-0.4, -0.2) is 38.3 Å². The van der Waals surface area contributed by atoms with Crippen LogP contribution in [-0.2, 0) is 4.79 Å². The Morgan fingerprint density at radius 1 is 1.20 bits per heavy atom. The lowest BCUT2D eigenvalue weighted by Crippen LogP contribution is -2.34. The third kappa shape index (κ3) is 5.05. The van der Waals surface area contributed by atoms with Gasteiger partial charge in [-0.1, -0.05) is 6.07 Å². The first kappa shape index (κ1) is 18.5. The Hall–Kier alpha value is -2.87. The fourth-order valence-electron chi connectivity index (χ4n) is 2.00. The number of amides is 2. The molecule has 1 heterocycles. The maximum absolute atomic E-state index is 11.8. The van der Waals surface area contributed by atoms with Crippen LogP contribution < -0.4 is 20.2 Å². The van der Waals surface area contributed by atoms with E-state index in [1.807, 2.05) is 0 Å². The van der Waals surface area contributed by atoms with Crippen LogP contribution in [0.15, 0.2) is 40.8 Å². The van der Waals surface area contributed by atoms with Gasteiger partial charge in [-0.2, -0.15) is 5.10 Å². The van der Waals surface area contributed by atoms with Crippen LogP contribution in [0.25, 0.3) is 0 Å². The number of rotatable bonds is 7. The van der Waals surface area contributed by atoms with E-state index < -0.39 is 5.91 Å². The lowest BCUT2D eigenvalue weighted by atomic mass is 10.1. The van der Waals surface area contributed by atoms with Gasteiger partial charge in [0, 0.05) is 11.6 Å². The largest absolute Gasteiger partial charge is 0.497 e. The topological polar surface area (TPSA) is 89.0 Å². The second kappa shape index (κ2) is 8.84. The van der Waals surface area contributed by atoms with Crippen LogP contribution in [0.5, 0.6) is 11.5 Å². The molecule has 2 rings (SSSR count). The SMILES string of the molecule is COc1ccc(/C(C)=N/NC(=O)CNC(=O)c2cccs2)c(OC)c1. The molecule has 0 fully saturated rings. The van der Waals surface area contributed by atoms with E-state index in [0.29, 0.717) is 22.1 Å². The first-order valence-corrected chi connectivity index (χ1v) is 8.30. The van der Waals surface area contributed by atoms with Gasteiger partial charge in [0.05, 0.1) is 31.4 Å². The summed E-state index contributed by atoms with van der Waals surface area (Å²) in [6.07, 6.45) is 0. The number of carbonyl (C=O) groups excluding carboxylic acids is 2. The van der Waals surface area contributed by atoms with Gasteiger partial charge >= 0.3 is 0 Å². The number of carbonyl (C=O) groups is 2. The summed E-state index contributed by atoms with van der Waals surface area (Å²) in [6.45, 7) is 1.59. The molecule has 0 saturated carbocycles. The highest BCUT2D eigenvalue weighted by Crippen LogP contribution is 2.24. The summed E-state index contributed by atoms with van der Waals surface area (Å²) in [5, 5.41) is 8.38. The van der Waals surface area contributed by atoms with Crippen molar-refractivity contribution >= 4 is 28.9 Å². The third-order valence-electron chi connectivity index (χ3n) is 3.30. The molecule has 0 bridgehead atoms. The molecule has 0 radical (unpaired) electrons. The summed E-state index contributed by atoms with van der Waals surface area (Å²) in [6, 6.07) is 8.77. The van der Waals surface area contributed by atoms with Gasteiger partial charge in [0.15, 0.2) is 0 Å². The standard InChI is InChI=1S/C17H19N3O4S/c1-11(13-7-6-12(23-2)9-14(13)24-3)19-20-16(21)10-18-17(22)15-5-4-8-25-15/h4-9H,10H2,1-3H3,(H,18,22)(H,20,21)/b19-11+. The van der Waals surface area contributed by atoms with Gasteiger partial charge in [0.2, 0.25) is 0 Å². The van der Waals surface area contributed by atoms with E-state index in [4.69, 9.17) is 9.47 Å². The van der Waals surface area contributed by atoms with E-state index in [2.05, 4.69) is 15.8 Å². The normalized spacial score (nSPS) is 10.9. The van der Waals surface area contributed by atoms with Crippen LogP contribution in [0.4, 0.5) is 0 Å². The van der Waals surface area contributed by atoms with Crippen molar-refractivity contribution in [2.75, 3.05) is 20.8 Å². The number of benzene rings is 1. The minimum absolute atomic E-state index is 0.159. The molecule has 0 aliphatic heterocycles. The van der Waals surface area contributed by atoms with Crippen LogP contribution in [0.1, 0.15) is 22.2 Å². The maximum atomic E-state index is 11.8. The molecular weight excluding hydrogens is 342 g/mol. The molecule has 0 spiro atoms. The molecule has 8 heteroatoms. The van der Waals surface area contributed by atoms with E-state index in [9.17, 15) is 9.59 Å². The summed E-state index contributed by atoms with van der Waals surface area (Å²) in [5.74, 6) is 0.536. The van der Waals surface area contributed by atoms with Crippen LogP contribution >= 0.6 is 11.3 Å². The Morgan fingerprint density at radius 2 is 2.00 bits per heavy atom. The van der Waals surface area contributed by atoms with Crippen molar-refractivity contribution in [3.8, 4) is 11.5 Å². The molecule has 0 saturated heterocycles. The van der Waals surface area contributed by atoms with E-state index in [0.717, 1.165) is 5.56 Å². The fourth-order valence-corrected chi connectivity index (χ4v) is 2.64. The van der Waals surface area contributed by atoms with Gasteiger partial charge in [-0.3, -0.25) is 9.59 Å². The van der Waals surface area contributed by atoms with Crippen molar-refractivity contribution in [3.63, 3.8) is 0 Å². The number of ether oxygens (including phenoxy) is 2. The third-order valence-corrected chi connectivity index (χ3v) is 4.17. The average Bonchev–Trinajstić information content (AvgIpc) is 3.18. The van der Waals surface area contributed by atoms with Gasteiger partial charge in [0.1, 0.15) is 11.5 Å². The summed E-state index contributed by atoms with van der Waals surface area (Å²) in [7, 11) is 3.12. The van der Waals surface area contributed by atoms with E-state index in [1.165, 1.54) is 11.3 Å². The summed E-state index contributed by atoms with van der Waals surface area (Å²) in [5.41, 5.74) is 3.71. The second-order valence-electron chi connectivity index (χ2n) is 4.96. The quantitative estimate of drug-likeness (QED) is 0.583. The smallest absolute Gasteiger partial charge is 0.261 e. The number of methoxy groups -OCH3 is 2. The van der Waals surface area contributed by atoms with Crippen molar-refractivity contribution in [1.29, 1.82) is 0 Å². The van der Waals surface area contributed by atoms with Crippen LogP contribution in [0.3, 0.4) is 0 Å². The first-order valence-electron chi connectivity index (χ1n) is 7.42. The zero-order valence-corrected chi connectivity index (χ0v) is 15.0.